The zero-order valence-corrected chi connectivity index (χ0v) is 12.3. The lowest BCUT2D eigenvalue weighted by molar-refractivity contribution is -0.108. The van der Waals surface area contributed by atoms with Gasteiger partial charge in [0.25, 0.3) is 10.0 Å². The number of nitrogens with zero attached hydrogens (tertiary/aromatic N) is 1. The summed E-state index contributed by atoms with van der Waals surface area (Å²) in [5, 5.41) is 0. The number of hydrogen-bond acceptors (Lipinski definition) is 3. The van der Waals surface area contributed by atoms with Crippen molar-refractivity contribution in [2.45, 2.75) is 43.9 Å². The first-order chi connectivity index (χ1) is 9.05. The minimum absolute atomic E-state index is 0.307. The van der Waals surface area contributed by atoms with Crippen LogP contribution in [0.2, 0.25) is 0 Å². The Morgan fingerprint density at radius 1 is 1.26 bits per heavy atom. The minimum atomic E-state index is -3.50. The van der Waals surface area contributed by atoms with Crippen molar-refractivity contribution in [3.63, 3.8) is 0 Å². The van der Waals surface area contributed by atoms with Gasteiger partial charge in [0.2, 0.25) is 0 Å². The van der Waals surface area contributed by atoms with E-state index in [4.69, 9.17) is 4.84 Å². The van der Waals surface area contributed by atoms with Crippen molar-refractivity contribution in [2.75, 3.05) is 13.2 Å². The van der Waals surface area contributed by atoms with E-state index in [1.54, 1.807) is 12.1 Å². The van der Waals surface area contributed by atoms with E-state index in [1.807, 2.05) is 12.1 Å². The van der Waals surface area contributed by atoms with Crippen LogP contribution in [0.4, 0.5) is 0 Å². The lowest BCUT2D eigenvalue weighted by Crippen LogP contribution is -2.35. The molecule has 0 spiro atoms. The van der Waals surface area contributed by atoms with E-state index in [9.17, 15) is 8.42 Å². The lowest BCUT2D eigenvalue weighted by Gasteiger charge is -2.25. The molecule has 106 valence electrons. The maximum atomic E-state index is 12.3. The topological polar surface area (TPSA) is 46.6 Å². The smallest absolute Gasteiger partial charge is 0.265 e. The maximum Gasteiger partial charge on any atom is 0.265 e. The molecule has 0 aliphatic carbocycles. The molecule has 1 heterocycles. The summed E-state index contributed by atoms with van der Waals surface area (Å²) in [6.07, 6.45) is 2.81. The Balaban J connectivity index is 2.21. The second-order valence-electron chi connectivity index (χ2n) is 4.95. The largest absolute Gasteiger partial charge is 0.284 e. The first-order valence-corrected chi connectivity index (χ1v) is 8.25. The molecule has 1 atom stereocenters. The molecule has 1 aliphatic rings. The molecule has 0 bridgehead atoms. The first-order valence-electron chi connectivity index (χ1n) is 6.81. The van der Waals surface area contributed by atoms with E-state index in [1.165, 1.54) is 5.56 Å². The molecule has 4 nitrogen and oxygen atoms in total. The molecule has 1 fully saturated rings. The summed E-state index contributed by atoms with van der Waals surface area (Å²) in [7, 11) is -3.50. The Hall–Kier alpha value is -0.910. The van der Waals surface area contributed by atoms with Crippen LogP contribution in [0.1, 0.15) is 44.6 Å². The van der Waals surface area contributed by atoms with Gasteiger partial charge in [0.15, 0.2) is 0 Å². The highest BCUT2D eigenvalue weighted by atomic mass is 32.2. The maximum absolute atomic E-state index is 12.3. The van der Waals surface area contributed by atoms with Crippen LogP contribution in [-0.4, -0.2) is 26.0 Å². The van der Waals surface area contributed by atoms with Crippen LogP contribution in [-0.2, 0) is 14.9 Å². The van der Waals surface area contributed by atoms with E-state index in [-0.39, 0.29) is 0 Å². The summed E-state index contributed by atoms with van der Waals surface area (Å²) in [5.41, 5.74) is 1.17. The number of hydroxylamine groups is 1. The third kappa shape index (κ3) is 3.16. The predicted molar refractivity (Wildman–Crippen MR) is 74.2 cm³/mol. The molecular weight excluding hydrogens is 262 g/mol. The van der Waals surface area contributed by atoms with Crippen molar-refractivity contribution >= 4 is 10.0 Å². The van der Waals surface area contributed by atoms with Crippen molar-refractivity contribution in [2.24, 2.45) is 0 Å². The van der Waals surface area contributed by atoms with Crippen LogP contribution in [0.25, 0.3) is 0 Å². The lowest BCUT2D eigenvalue weighted by atomic mass is 9.99. The number of benzene rings is 1. The van der Waals surface area contributed by atoms with E-state index in [0.717, 1.165) is 23.7 Å². The van der Waals surface area contributed by atoms with Gasteiger partial charge < -0.3 is 0 Å². The molecule has 1 saturated heterocycles. The van der Waals surface area contributed by atoms with Crippen LogP contribution < -0.4 is 0 Å². The average molecular weight is 283 g/mol. The monoisotopic (exact) mass is 283 g/mol. The van der Waals surface area contributed by atoms with Crippen LogP contribution >= 0.6 is 0 Å². The molecule has 5 heteroatoms. The highest BCUT2D eigenvalue weighted by Crippen LogP contribution is 2.23. The quantitative estimate of drug-likeness (QED) is 0.853. The second-order valence-corrected chi connectivity index (χ2v) is 6.78. The molecule has 19 heavy (non-hydrogen) atoms. The Labute approximate surface area is 115 Å². The Morgan fingerprint density at radius 2 is 1.95 bits per heavy atom. The average Bonchev–Trinajstić information content (AvgIpc) is 2.47. The fourth-order valence-corrected chi connectivity index (χ4v) is 3.38. The molecule has 0 amide bonds. The van der Waals surface area contributed by atoms with Crippen molar-refractivity contribution in [1.29, 1.82) is 0 Å². The van der Waals surface area contributed by atoms with Crippen molar-refractivity contribution in [3.05, 3.63) is 29.8 Å². The van der Waals surface area contributed by atoms with Gasteiger partial charge in [-0.15, -0.1) is 0 Å². The van der Waals surface area contributed by atoms with Gasteiger partial charge in [-0.2, -0.15) is 0 Å². The number of rotatable bonds is 4. The van der Waals surface area contributed by atoms with Crippen LogP contribution in [0.5, 0.6) is 0 Å². The van der Waals surface area contributed by atoms with Gasteiger partial charge in [0.1, 0.15) is 0 Å². The summed E-state index contributed by atoms with van der Waals surface area (Å²) < 4.78 is 25.8. The van der Waals surface area contributed by atoms with Crippen molar-refractivity contribution in [1.82, 2.24) is 4.47 Å². The molecule has 1 aromatic carbocycles. The molecule has 0 N–H and O–H groups in total. The minimum Gasteiger partial charge on any atom is -0.284 e. The zero-order chi connectivity index (χ0) is 13.9. The highest BCUT2D eigenvalue weighted by Gasteiger charge is 2.27. The molecule has 2 rings (SSSR count). The summed E-state index contributed by atoms with van der Waals surface area (Å²) in [4.78, 5) is 5.55. The Kier molecular flexibility index (Phi) is 4.60. The van der Waals surface area contributed by atoms with Gasteiger partial charge >= 0.3 is 0 Å². The fraction of sp³-hybridized carbons (Fsp3) is 0.571. The van der Waals surface area contributed by atoms with E-state index in [2.05, 4.69) is 13.8 Å². The summed E-state index contributed by atoms with van der Waals surface area (Å²) in [6, 6.07) is 7.14. The van der Waals surface area contributed by atoms with Crippen LogP contribution in [0, 0.1) is 0 Å². The number of hydrogen-bond donors (Lipinski definition) is 0. The van der Waals surface area contributed by atoms with E-state index in [0.29, 0.717) is 24.0 Å². The number of sulfonamides is 1. The molecule has 1 aliphatic heterocycles. The highest BCUT2D eigenvalue weighted by molar-refractivity contribution is 7.89. The zero-order valence-electron chi connectivity index (χ0n) is 11.5. The third-order valence-electron chi connectivity index (χ3n) is 3.60. The third-order valence-corrected chi connectivity index (χ3v) is 5.29. The van der Waals surface area contributed by atoms with Gasteiger partial charge in [0, 0.05) is 6.54 Å². The van der Waals surface area contributed by atoms with Crippen LogP contribution in [0.3, 0.4) is 0 Å². The van der Waals surface area contributed by atoms with Crippen LogP contribution in [0.15, 0.2) is 29.2 Å². The summed E-state index contributed by atoms with van der Waals surface area (Å²) in [5.74, 6) is 0.447. The Bertz CT molecular complexity index is 504. The van der Waals surface area contributed by atoms with Crippen molar-refractivity contribution < 1.29 is 13.3 Å². The molecule has 0 radical (unpaired) electrons. The Morgan fingerprint density at radius 3 is 2.47 bits per heavy atom. The molecule has 1 aromatic rings. The molecule has 0 saturated carbocycles. The fourth-order valence-electron chi connectivity index (χ4n) is 2.09. The van der Waals surface area contributed by atoms with E-state index >= 15 is 0 Å². The second kappa shape index (κ2) is 6.03. The SMILES string of the molecule is CCC(C)c1ccc(S(=O)(=O)N2CCCCO2)cc1. The van der Waals surface area contributed by atoms with Gasteiger partial charge in [-0.05, 0) is 42.9 Å². The van der Waals surface area contributed by atoms with Gasteiger partial charge in [-0.1, -0.05) is 30.4 Å². The normalized spacial score (nSPS) is 19.3. The van der Waals surface area contributed by atoms with E-state index < -0.39 is 10.0 Å². The first kappa shape index (κ1) is 14.5. The summed E-state index contributed by atoms with van der Waals surface area (Å²) in [6.45, 7) is 5.17. The van der Waals surface area contributed by atoms with Gasteiger partial charge in [-0.3, -0.25) is 4.84 Å². The van der Waals surface area contributed by atoms with Gasteiger partial charge in [0.05, 0.1) is 11.5 Å². The van der Waals surface area contributed by atoms with Gasteiger partial charge in [-0.25, -0.2) is 8.42 Å². The standard InChI is InChI=1S/C14H21NO3S/c1-3-12(2)13-6-8-14(9-7-13)19(16,17)15-10-4-5-11-18-15/h6-9,12H,3-5,10-11H2,1-2H3. The molecule has 1 unspecified atom stereocenters. The predicted octanol–water partition coefficient (Wildman–Crippen LogP) is 2.92. The molecular formula is C14H21NO3S. The summed E-state index contributed by atoms with van der Waals surface area (Å²) >= 11 is 0. The molecule has 0 aromatic heterocycles. The van der Waals surface area contributed by atoms with Crippen molar-refractivity contribution in [3.8, 4) is 0 Å².